The summed E-state index contributed by atoms with van der Waals surface area (Å²) in [5.41, 5.74) is 3.87. The van der Waals surface area contributed by atoms with Crippen LogP contribution in [-0.4, -0.2) is 14.8 Å². The number of hydrogen-bond acceptors (Lipinski definition) is 4. The summed E-state index contributed by atoms with van der Waals surface area (Å²) >= 11 is 9.83. The van der Waals surface area contributed by atoms with Crippen molar-refractivity contribution >= 4 is 39.2 Å². The van der Waals surface area contributed by atoms with Gasteiger partial charge >= 0.3 is 0 Å². The maximum absolute atomic E-state index is 15.1. The van der Waals surface area contributed by atoms with E-state index in [4.69, 9.17) is 16.3 Å². The molecule has 0 fully saturated rings. The van der Waals surface area contributed by atoms with Gasteiger partial charge in [0.2, 0.25) is 5.95 Å². The van der Waals surface area contributed by atoms with Gasteiger partial charge in [0.05, 0.1) is 5.70 Å². The van der Waals surface area contributed by atoms with Crippen molar-refractivity contribution < 1.29 is 9.13 Å². The first-order valence-electron chi connectivity index (χ1n) is 9.97. The number of aromatic nitrogens is 3. The van der Waals surface area contributed by atoms with Gasteiger partial charge in [-0.2, -0.15) is 10.1 Å². The third-order valence-corrected chi connectivity index (χ3v) is 6.51. The SMILES string of the molecule is Fc1ccccc1[C@H]1C2=C(Nc3ncnn31)c1cc(Cl)ccc1O[C@@H]2c1ccc(Br)cc1. The smallest absolute Gasteiger partial charge is 0.226 e. The Labute approximate surface area is 196 Å². The van der Waals surface area contributed by atoms with Crippen LogP contribution in [0.15, 0.2) is 83.1 Å². The highest BCUT2D eigenvalue weighted by atomic mass is 79.9. The summed E-state index contributed by atoms with van der Waals surface area (Å²) in [6, 6.07) is 19.6. The Balaban J connectivity index is 1.65. The lowest BCUT2D eigenvalue weighted by atomic mass is 9.84. The van der Waals surface area contributed by atoms with Gasteiger partial charge in [-0.3, -0.25) is 0 Å². The lowest BCUT2D eigenvalue weighted by Gasteiger charge is -2.39. The van der Waals surface area contributed by atoms with Crippen molar-refractivity contribution in [2.45, 2.75) is 12.1 Å². The molecule has 0 aliphatic carbocycles. The fraction of sp³-hybridized carbons (Fsp3) is 0.0833. The topological polar surface area (TPSA) is 52.0 Å². The molecular weight excluding hydrogens is 495 g/mol. The Hall–Kier alpha value is -3.16. The summed E-state index contributed by atoms with van der Waals surface area (Å²) in [6.45, 7) is 0. The second kappa shape index (κ2) is 7.46. The summed E-state index contributed by atoms with van der Waals surface area (Å²) < 4.78 is 24.3. The monoisotopic (exact) mass is 508 g/mol. The number of fused-ring (bicyclic) bond motifs is 3. The molecule has 5 nitrogen and oxygen atoms in total. The van der Waals surface area contributed by atoms with Crippen LogP contribution in [0.5, 0.6) is 5.75 Å². The Morgan fingerprint density at radius 3 is 2.69 bits per heavy atom. The second-order valence-electron chi connectivity index (χ2n) is 7.60. The molecule has 32 heavy (non-hydrogen) atoms. The highest BCUT2D eigenvalue weighted by Gasteiger charge is 2.41. The van der Waals surface area contributed by atoms with Crippen LogP contribution in [0.2, 0.25) is 5.02 Å². The van der Waals surface area contributed by atoms with E-state index in [0.29, 0.717) is 22.3 Å². The molecule has 1 aromatic heterocycles. The molecule has 0 bridgehead atoms. The first kappa shape index (κ1) is 19.5. The van der Waals surface area contributed by atoms with Crippen LogP contribution in [0.4, 0.5) is 10.3 Å². The number of rotatable bonds is 2. The lowest BCUT2D eigenvalue weighted by molar-refractivity contribution is 0.222. The maximum Gasteiger partial charge on any atom is 0.226 e. The number of nitrogens with one attached hydrogen (secondary N) is 1. The molecule has 8 heteroatoms. The van der Waals surface area contributed by atoms with Crippen molar-refractivity contribution in [1.82, 2.24) is 14.8 Å². The van der Waals surface area contributed by atoms with E-state index in [0.717, 1.165) is 26.9 Å². The normalized spacial score (nSPS) is 18.8. The predicted octanol–water partition coefficient (Wildman–Crippen LogP) is 6.39. The fourth-order valence-electron chi connectivity index (χ4n) is 4.35. The molecule has 1 N–H and O–H groups in total. The minimum absolute atomic E-state index is 0.320. The number of ether oxygens (including phenoxy) is 1. The highest BCUT2D eigenvalue weighted by molar-refractivity contribution is 9.10. The second-order valence-corrected chi connectivity index (χ2v) is 8.95. The lowest BCUT2D eigenvalue weighted by Crippen LogP contribution is -2.32. The van der Waals surface area contributed by atoms with Gasteiger partial charge < -0.3 is 10.1 Å². The zero-order valence-electron chi connectivity index (χ0n) is 16.5. The quantitative estimate of drug-likeness (QED) is 0.340. The van der Waals surface area contributed by atoms with E-state index in [1.807, 2.05) is 42.5 Å². The zero-order valence-corrected chi connectivity index (χ0v) is 18.8. The molecule has 0 saturated carbocycles. The summed E-state index contributed by atoms with van der Waals surface area (Å²) in [4.78, 5) is 4.36. The zero-order chi connectivity index (χ0) is 21.8. The van der Waals surface area contributed by atoms with Crippen LogP contribution in [0.3, 0.4) is 0 Å². The average Bonchev–Trinajstić information content (AvgIpc) is 3.27. The van der Waals surface area contributed by atoms with E-state index in [9.17, 15) is 0 Å². The molecule has 2 atom stereocenters. The first-order chi connectivity index (χ1) is 15.6. The van der Waals surface area contributed by atoms with Gasteiger partial charge in [-0.25, -0.2) is 9.07 Å². The third kappa shape index (κ3) is 3.04. The molecule has 0 amide bonds. The van der Waals surface area contributed by atoms with E-state index in [1.165, 1.54) is 12.4 Å². The molecule has 2 aliphatic rings. The van der Waals surface area contributed by atoms with E-state index in [2.05, 4.69) is 31.3 Å². The number of hydrogen-bond donors (Lipinski definition) is 1. The maximum atomic E-state index is 15.1. The van der Waals surface area contributed by atoms with Crippen LogP contribution in [0.1, 0.15) is 28.8 Å². The molecule has 3 aromatic carbocycles. The summed E-state index contributed by atoms with van der Waals surface area (Å²) in [5, 5.41) is 8.39. The molecule has 158 valence electrons. The van der Waals surface area contributed by atoms with E-state index < -0.39 is 12.1 Å². The van der Waals surface area contributed by atoms with Crippen molar-refractivity contribution in [2.24, 2.45) is 0 Å². The van der Waals surface area contributed by atoms with Crippen LogP contribution < -0.4 is 10.1 Å². The van der Waals surface area contributed by atoms with Gasteiger partial charge in [0.15, 0.2) is 0 Å². The van der Waals surface area contributed by atoms with Crippen LogP contribution in [0, 0.1) is 5.82 Å². The van der Waals surface area contributed by atoms with Crippen LogP contribution >= 0.6 is 27.5 Å². The van der Waals surface area contributed by atoms with Crippen molar-refractivity contribution in [3.63, 3.8) is 0 Å². The number of nitrogens with zero attached hydrogens (tertiary/aromatic N) is 3. The van der Waals surface area contributed by atoms with E-state index in [1.54, 1.807) is 22.9 Å². The molecule has 2 aliphatic heterocycles. The minimum Gasteiger partial charge on any atom is -0.480 e. The summed E-state index contributed by atoms with van der Waals surface area (Å²) in [5.74, 6) is 0.896. The summed E-state index contributed by atoms with van der Waals surface area (Å²) in [6.07, 6.45) is 0.990. The highest BCUT2D eigenvalue weighted by Crippen LogP contribution is 2.51. The molecule has 0 unspecified atom stereocenters. The van der Waals surface area contributed by atoms with Gasteiger partial charge in [-0.15, -0.1) is 0 Å². The Bertz CT molecular complexity index is 1390. The van der Waals surface area contributed by atoms with Gasteiger partial charge in [0, 0.05) is 26.2 Å². The number of halogens is 3. The number of benzene rings is 3. The van der Waals surface area contributed by atoms with Gasteiger partial charge in [0.1, 0.15) is 30.0 Å². The van der Waals surface area contributed by atoms with Crippen molar-refractivity contribution in [2.75, 3.05) is 5.32 Å². The Morgan fingerprint density at radius 2 is 1.88 bits per heavy atom. The molecular formula is C24H15BrClFN4O. The third-order valence-electron chi connectivity index (χ3n) is 5.75. The first-order valence-corrected chi connectivity index (χ1v) is 11.1. The van der Waals surface area contributed by atoms with Crippen molar-refractivity contribution in [1.29, 1.82) is 0 Å². The van der Waals surface area contributed by atoms with Gasteiger partial charge in [0.25, 0.3) is 0 Å². The molecule has 4 aromatic rings. The molecule has 0 saturated heterocycles. The molecule has 0 radical (unpaired) electrons. The minimum atomic E-state index is -0.550. The van der Waals surface area contributed by atoms with Crippen molar-refractivity contribution in [3.05, 3.63) is 111 Å². The summed E-state index contributed by atoms with van der Waals surface area (Å²) in [7, 11) is 0. The largest absolute Gasteiger partial charge is 0.480 e. The van der Waals surface area contributed by atoms with Gasteiger partial charge in [-0.1, -0.05) is 57.9 Å². The van der Waals surface area contributed by atoms with Crippen LogP contribution in [0.25, 0.3) is 5.70 Å². The Kier molecular flexibility index (Phi) is 4.55. The van der Waals surface area contributed by atoms with Crippen LogP contribution in [-0.2, 0) is 0 Å². The Morgan fingerprint density at radius 1 is 1.06 bits per heavy atom. The van der Waals surface area contributed by atoms with Crippen molar-refractivity contribution in [3.8, 4) is 5.75 Å². The van der Waals surface area contributed by atoms with E-state index in [-0.39, 0.29) is 5.82 Å². The molecule has 0 spiro atoms. The van der Waals surface area contributed by atoms with E-state index >= 15 is 4.39 Å². The van der Waals surface area contributed by atoms with Gasteiger partial charge in [-0.05, 0) is 42.0 Å². The molecule has 6 rings (SSSR count). The predicted molar refractivity (Wildman–Crippen MR) is 124 cm³/mol. The fourth-order valence-corrected chi connectivity index (χ4v) is 4.79. The number of anilines is 1. The standard InChI is InChI=1S/C24H15BrClFN4O/c25-14-7-5-13(6-8-14)23-20-21(17-11-15(26)9-10-19(17)32-23)30-24-28-12-29-31(24)22(20)16-3-1-2-4-18(16)27/h1-12,22-23H,(H,28,29,30)/t22-,23+/m0/s1. The average molecular weight is 510 g/mol. The molecule has 3 heterocycles.